The molecule has 6 heteroatoms. The molecule has 0 aliphatic rings. The Morgan fingerprint density at radius 2 is 2.07 bits per heavy atom. The van der Waals surface area contributed by atoms with Gasteiger partial charge in [-0.05, 0) is 13.5 Å². The summed E-state index contributed by atoms with van der Waals surface area (Å²) >= 11 is 0. The van der Waals surface area contributed by atoms with Crippen molar-refractivity contribution in [2.45, 2.75) is 13.3 Å². The van der Waals surface area contributed by atoms with Gasteiger partial charge >= 0.3 is 6.03 Å². The predicted octanol–water partition coefficient (Wildman–Crippen LogP) is -0.854. The molecule has 0 heterocycles. The maximum atomic E-state index is 11.2. The molecule has 6 nitrogen and oxygen atoms in total. The number of aliphatic hydroxyl groups excluding tert-OH is 1. The van der Waals surface area contributed by atoms with Crippen molar-refractivity contribution < 1.29 is 14.7 Å². The highest BCUT2D eigenvalue weighted by Gasteiger charge is 2.08. The van der Waals surface area contributed by atoms with Gasteiger partial charge in [0, 0.05) is 13.1 Å². The molecule has 0 aromatic heterocycles. The number of hydrogen-bond acceptors (Lipinski definition) is 4. The van der Waals surface area contributed by atoms with Crippen LogP contribution >= 0.6 is 0 Å². The fourth-order valence-electron chi connectivity index (χ4n) is 0.944. The summed E-state index contributed by atoms with van der Waals surface area (Å²) in [6.07, 6.45) is 0.825. The first kappa shape index (κ1) is 13.9. The van der Waals surface area contributed by atoms with E-state index >= 15 is 0 Å². The van der Waals surface area contributed by atoms with Crippen LogP contribution in [0.25, 0.3) is 0 Å². The van der Waals surface area contributed by atoms with E-state index in [4.69, 9.17) is 5.11 Å². The summed E-state index contributed by atoms with van der Waals surface area (Å²) in [5.41, 5.74) is 0. The standard InChI is InChI=1S/C9H19N3O3/c1-3-4-10-9(15)11-8(14)7-12(2)5-6-13/h13H,3-7H2,1-2H3,(H2,10,11,14,15). The number of hydrogen-bond donors (Lipinski definition) is 3. The molecule has 0 saturated carbocycles. The summed E-state index contributed by atoms with van der Waals surface area (Å²) in [4.78, 5) is 23.9. The Hall–Kier alpha value is -1.14. The Labute approximate surface area is 89.6 Å². The van der Waals surface area contributed by atoms with E-state index in [1.807, 2.05) is 6.92 Å². The lowest BCUT2D eigenvalue weighted by Crippen LogP contribution is -2.44. The number of aliphatic hydroxyl groups is 1. The van der Waals surface area contributed by atoms with Crippen LogP contribution in [0.4, 0.5) is 4.79 Å². The second kappa shape index (κ2) is 8.19. The third-order valence-corrected chi connectivity index (χ3v) is 1.68. The summed E-state index contributed by atoms with van der Waals surface area (Å²) in [5, 5.41) is 13.3. The minimum atomic E-state index is -0.473. The van der Waals surface area contributed by atoms with Crippen molar-refractivity contribution in [3.05, 3.63) is 0 Å². The molecule has 0 unspecified atom stereocenters. The van der Waals surface area contributed by atoms with E-state index in [0.29, 0.717) is 13.1 Å². The Morgan fingerprint density at radius 1 is 1.40 bits per heavy atom. The van der Waals surface area contributed by atoms with Crippen LogP contribution in [-0.4, -0.2) is 55.2 Å². The van der Waals surface area contributed by atoms with Crippen molar-refractivity contribution in [1.82, 2.24) is 15.5 Å². The van der Waals surface area contributed by atoms with Crippen molar-refractivity contribution in [1.29, 1.82) is 0 Å². The maximum absolute atomic E-state index is 11.2. The van der Waals surface area contributed by atoms with Gasteiger partial charge in [0.2, 0.25) is 5.91 Å². The molecule has 0 aromatic carbocycles. The summed E-state index contributed by atoms with van der Waals surface area (Å²) < 4.78 is 0. The Balaban J connectivity index is 3.68. The van der Waals surface area contributed by atoms with Gasteiger partial charge in [0.1, 0.15) is 0 Å². The highest BCUT2D eigenvalue weighted by molar-refractivity contribution is 5.95. The van der Waals surface area contributed by atoms with Crippen LogP contribution < -0.4 is 10.6 Å². The molecule has 0 aromatic rings. The third kappa shape index (κ3) is 7.90. The highest BCUT2D eigenvalue weighted by Crippen LogP contribution is 1.81. The molecular formula is C9H19N3O3. The van der Waals surface area contributed by atoms with Crippen LogP contribution in [0.1, 0.15) is 13.3 Å². The van der Waals surface area contributed by atoms with Crippen molar-refractivity contribution in [3.63, 3.8) is 0 Å². The molecule has 0 aliphatic heterocycles. The lowest BCUT2D eigenvalue weighted by atomic mass is 10.5. The number of imide groups is 1. The van der Waals surface area contributed by atoms with Crippen molar-refractivity contribution >= 4 is 11.9 Å². The zero-order chi connectivity index (χ0) is 11.7. The maximum Gasteiger partial charge on any atom is 0.321 e. The number of carbonyl (C=O) groups is 2. The van der Waals surface area contributed by atoms with Gasteiger partial charge in [0.25, 0.3) is 0 Å². The Morgan fingerprint density at radius 3 is 2.60 bits per heavy atom. The van der Waals surface area contributed by atoms with Gasteiger partial charge in [-0.15, -0.1) is 0 Å². The van der Waals surface area contributed by atoms with E-state index in [2.05, 4.69) is 10.6 Å². The molecule has 0 aliphatic carbocycles. The Kier molecular flexibility index (Phi) is 7.57. The van der Waals surface area contributed by atoms with Crippen molar-refractivity contribution in [2.24, 2.45) is 0 Å². The zero-order valence-corrected chi connectivity index (χ0v) is 9.25. The van der Waals surface area contributed by atoms with Gasteiger partial charge < -0.3 is 10.4 Å². The van der Waals surface area contributed by atoms with Crippen LogP contribution in [0.3, 0.4) is 0 Å². The van der Waals surface area contributed by atoms with Gasteiger partial charge in [-0.1, -0.05) is 6.92 Å². The average Bonchev–Trinajstić information content (AvgIpc) is 2.14. The Bertz CT molecular complexity index is 209. The molecule has 15 heavy (non-hydrogen) atoms. The van der Waals surface area contributed by atoms with E-state index in [9.17, 15) is 9.59 Å². The number of rotatable bonds is 6. The van der Waals surface area contributed by atoms with Gasteiger partial charge in [-0.25, -0.2) is 4.79 Å². The molecule has 0 rings (SSSR count). The topological polar surface area (TPSA) is 81.7 Å². The first-order valence-electron chi connectivity index (χ1n) is 4.97. The number of carbonyl (C=O) groups excluding carboxylic acids is 2. The quantitative estimate of drug-likeness (QED) is 0.541. The molecule has 0 fully saturated rings. The molecule has 3 amide bonds. The molecule has 3 N–H and O–H groups in total. The van der Waals surface area contributed by atoms with Crippen LogP contribution in [-0.2, 0) is 4.79 Å². The summed E-state index contributed by atoms with van der Waals surface area (Å²) in [6.45, 7) is 2.97. The largest absolute Gasteiger partial charge is 0.395 e. The summed E-state index contributed by atoms with van der Waals surface area (Å²) in [7, 11) is 1.69. The second-order valence-electron chi connectivity index (χ2n) is 3.27. The average molecular weight is 217 g/mol. The monoisotopic (exact) mass is 217 g/mol. The van der Waals surface area contributed by atoms with Crippen LogP contribution in [0.15, 0.2) is 0 Å². The second-order valence-corrected chi connectivity index (χ2v) is 3.27. The van der Waals surface area contributed by atoms with Crippen LogP contribution in [0.5, 0.6) is 0 Å². The molecule has 0 bridgehead atoms. The van der Waals surface area contributed by atoms with Crippen LogP contribution in [0, 0.1) is 0 Å². The smallest absolute Gasteiger partial charge is 0.321 e. The lowest BCUT2D eigenvalue weighted by molar-refractivity contribution is -0.120. The van der Waals surface area contributed by atoms with Crippen molar-refractivity contribution in [2.75, 3.05) is 33.3 Å². The van der Waals surface area contributed by atoms with E-state index in [0.717, 1.165) is 6.42 Å². The number of nitrogens with zero attached hydrogens (tertiary/aromatic N) is 1. The lowest BCUT2D eigenvalue weighted by Gasteiger charge is -2.14. The minimum Gasteiger partial charge on any atom is -0.395 e. The van der Waals surface area contributed by atoms with Gasteiger partial charge in [0.05, 0.1) is 13.2 Å². The first-order chi connectivity index (χ1) is 7.10. The summed E-state index contributed by atoms with van der Waals surface area (Å²) in [6, 6.07) is -0.473. The number of nitrogens with one attached hydrogen (secondary N) is 2. The van der Waals surface area contributed by atoms with Crippen LogP contribution in [0.2, 0.25) is 0 Å². The molecule has 0 radical (unpaired) electrons. The number of amides is 3. The minimum absolute atomic E-state index is 0.00812. The van der Waals surface area contributed by atoms with Crippen molar-refractivity contribution in [3.8, 4) is 0 Å². The van der Waals surface area contributed by atoms with E-state index < -0.39 is 6.03 Å². The fourth-order valence-corrected chi connectivity index (χ4v) is 0.944. The number of likely N-dealkylation sites (N-methyl/N-ethyl adjacent to an activating group) is 1. The predicted molar refractivity (Wildman–Crippen MR) is 56.4 cm³/mol. The third-order valence-electron chi connectivity index (χ3n) is 1.68. The van der Waals surface area contributed by atoms with Gasteiger partial charge in [-0.2, -0.15) is 0 Å². The highest BCUT2D eigenvalue weighted by atomic mass is 16.3. The molecular weight excluding hydrogens is 198 g/mol. The van der Waals surface area contributed by atoms with E-state index in [1.165, 1.54) is 0 Å². The SMILES string of the molecule is CCCNC(=O)NC(=O)CN(C)CCO. The normalized spacial score (nSPS) is 10.1. The van der Waals surface area contributed by atoms with E-state index in [-0.39, 0.29) is 19.1 Å². The summed E-state index contributed by atoms with van der Waals surface area (Å²) in [5.74, 6) is -0.375. The number of urea groups is 1. The zero-order valence-electron chi connectivity index (χ0n) is 9.25. The molecule has 0 spiro atoms. The molecule has 88 valence electrons. The van der Waals surface area contributed by atoms with Gasteiger partial charge in [0.15, 0.2) is 0 Å². The van der Waals surface area contributed by atoms with Gasteiger partial charge in [-0.3, -0.25) is 15.0 Å². The van der Waals surface area contributed by atoms with E-state index in [1.54, 1.807) is 11.9 Å². The molecule has 0 atom stereocenters. The molecule has 0 saturated heterocycles. The first-order valence-corrected chi connectivity index (χ1v) is 4.97. The fraction of sp³-hybridized carbons (Fsp3) is 0.778.